The normalized spacial score (nSPS) is 12.2. The Morgan fingerprint density at radius 1 is 1.18 bits per heavy atom. The molecule has 2 aromatic rings. The van der Waals surface area contributed by atoms with E-state index in [1.165, 1.54) is 0 Å². The fourth-order valence-electron chi connectivity index (χ4n) is 2.86. The largest absolute Gasteiger partial charge is 0.359 e. The van der Waals surface area contributed by atoms with Crippen LogP contribution in [0.5, 0.6) is 0 Å². The molecule has 0 amide bonds. The molecule has 0 unspecified atom stereocenters. The lowest BCUT2D eigenvalue weighted by Gasteiger charge is -2.14. The Bertz CT molecular complexity index is 888. The van der Waals surface area contributed by atoms with Crippen LogP contribution in [0, 0.1) is 0 Å². The first-order valence-corrected chi connectivity index (χ1v) is 11.2. The highest BCUT2D eigenvalue weighted by Gasteiger charge is 2.13. The number of sulfonamides is 1. The van der Waals surface area contributed by atoms with Gasteiger partial charge in [0.1, 0.15) is 0 Å². The van der Waals surface area contributed by atoms with E-state index in [-0.39, 0.29) is 0 Å². The first-order chi connectivity index (χ1) is 13.4. The zero-order valence-corrected chi connectivity index (χ0v) is 17.6. The number of nitrogens with zero attached hydrogens (tertiary/aromatic N) is 2. The average Bonchev–Trinajstić information content (AvgIpc) is 3.11. The molecular formula is C19H29N5O3S. The van der Waals surface area contributed by atoms with E-state index < -0.39 is 10.0 Å². The van der Waals surface area contributed by atoms with Gasteiger partial charge in [-0.05, 0) is 24.5 Å². The highest BCUT2D eigenvalue weighted by Crippen LogP contribution is 2.22. The van der Waals surface area contributed by atoms with Gasteiger partial charge in [-0.1, -0.05) is 37.2 Å². The third-order valence-electron chi connectivity index (χ3n) is 4.39. The van der Waals surface area contributed by atoms with Crippen molar-refractivity contribution in [1.82, 2.24) is 15.8 Å². The number of anilines is 1. The fourth-order valence-corrected chi connectivity index (χ4v) is 3.45. The van der Waals surface area contributed by atoms with E-state index in [1.54, 1.807) is 19.2 Å². The monoisotopic (exact) mass is 407 g/mol. The summed E-state index contributed by atoms with van der Waals surface area (Å²) < 4.78 is 31.0. The lowest BCUT2D eigenvalue weighted by molar-refractivity contribution is 0.368. The van der Waals surface area contributed by atoms with Gasteiger partial charge in [0.05, 0.1) is 24.2 Å². The predicted octanol–water partition coefficient (Wildman–Crippen LogP) is 2.81. The number of hydrogen-bond acceptors (Lipinski definition) is 5. The van der Waals surface area contributed by atoms with Crippen LogP contribution in [-0.4, -0.2) is 32.8 Å². The zero-order chi connectivity index (χ0) is 20.6. The molecule has 0 saturated heterocycles. The van der Waals surface area contributed by atoms with Crippen molar-refractivity contribution in [3.05, 3.63) is 47.3 Å². The van der Waals surface area contributed by atoms with Crippen molar-refractivity contribution in [2.45, 2.75) is 45.7 Å². The van der Waals surface area contributed by atoms with E-state index in [4.69, 9.17) is 4.52 Å². The Morgan fingerprint density at radius 2 is 1.86 bits per heavy atom. The maximum absolute atomic E-state index is 11.5. The molecule has 0 atom stereocenters. The van der Waals surface area contributed by atoms with Crippen LogP contribution in [0.1, 0.15) is 49.6 Å². The number of aliphatic imine (C=N–C) groups is 1. The van der Waals surface area contributed by atoms with Crippen molar-refractivity contribution in [2.75, 3.05) is 18.0 Å². The fraction of sp³-hybridized carbons (Fsp3) is 0.474. The molecule has 0 radical (unpaired) electrons. The molecule has 0 aliphatic heterocycles. The smallest absolute Gasteiger partial charge is 0.229 e. The Labute approximate surface area is 166 Å². The van der Waals surface area contributed by atoms with Gasteiger partial charge in [-0.3, -0.25) is 9.71 Å². The minimum Gasteiger partial charge on any atom is -0.359 e. The second-order valence-electron chi connectivity index (χ2n) is 6.54. The molecule has 2 rings (SSSR count). The predicted molar refractivity (Wildman–Crippen MR) is 112 cm³/mol. The van der Waals surface area contributed by atoms with E-state index in [9.17, 15) is 8.42 Å². The number of rotatable bonds is 9. The first kappa shape index (κ1) is 21.7. The molecule has 0 fully saturated rings. The highest BCUT2D eigenvalue weighted by molar-refractivity contribution is 7.92. The second kappa shape index (κ2) is 10.1. The molecule has 1 aromatic heterocycles. The lowest BCUT2D eigenvalue weighted by atomic mass is 9.99. The van der Waals surface area contributed by atoms with Crippen molar-refractivity contribution < 1.29 is 12.9 Å². The first-order valence-electron chi connectivity index (χ1n) is 9.32. The number of benzene rings is 1. The molecule has 1 aromatic carbocycles. The molecule has 0 aliphatic rings. The van der Waals surface area contributed by atoms with Crippen LogP contribution >= 0.6 is 0 Å². The van der Waals surface area contributed by atoms with Gasteiger partial charge >= 0.3 is 0 Å². The Kier molecular flexibility index (Phi) is 7.86. The molecule has 154 valence electrons. The van der Waals surface area contributed by atoms with Crippen molar-refractivity contribution >= 4 is 21.7 Å². The maximum Gasteiger partial charge on any atom is 0.229 e. The van der Waals surface area contributed by atoms with Gasteiger partial charge in [-0.2, -0.15) is 0 Å². The van der Waals surface area contributed by atoms with E-state index in [1.807, 2.05) is 18.2 Å². The summed E-state index contributed by atoms with van der Waals surface area (Å²) in [4.78, 5) is 4.19. The van der Waals surface area contributed by atoms with Gasteiger partial charge in [0, 0.05) is 25.6 Å². The van der Waals surface area contributed by atoms with E-state index in [0.29, 0.717) is 30.7 Å². The SMILES string of the molecule is CCC(CC)c1cc(CNC(=NC)NCc2ccccc2NS(C)(=O)=O)on1. The van der Waals surface area contributed by atoms with E-state index in [2.05, 4.69) is 39.4 Å². The highest BCUT2D eigenvalue weighted by atomic mass is 32.2. The molecule has 3 N–H and O–H groups in total. The zero-order valence-electron chi connectivity index (χ0n) is 16.8. The van der Waals surface area contributed by atoms with Crippen molar-refractivity contribution in [3.8, 4) is 0 Å². The van der Waals surface area contributed by atoms with Gasteiger partial charge in [-0.25, -0.2) is 8.42 Å². The van der Waals surface area contributed by atoms with Crippen molar-refractivity contribution in [1.29, 1.82) is 0 Å². The second-order valence-corrected chi connectivity index (χ2v) is 8.29. The summed E-state index contributed by atoms with van der Waals surface area (Å²) in [6.07, 6.45) is 3.19. The van der Waals surface area contributed by atoms with Crippen LogP contribution < -0.4 is 15.4 Å². The van der Waals surface area contributed by atoms with Gasteiger partial charge in [0.25, 0.3) is 0 Å². The van der Waals surface area contributed by atoms with Crippen LogP contribution in [0.3, 0.4) is 0 Å². The molecule has 0 bridgehead atoms. The van der Waals surface area contributed by atoms with Crippen molar-refractivity contribution in [3.63, 3.8) is 0 Å². The summed E-state index contributed by atoms with van der Waals surface area (Å²) in [6.45, 7) is 5.15. The number of hydrogen-bond donors (Lipinski definition) is 3. The van der Waals surface area contributed by atoms with E-state index >= 15 is 0 Å². The minimum absolute atomic E-state index is 0.410. The summed E-state index contributed by atoms with van der Waals surface area (Å²) in [5, 5.41) is 10.5. The summed E-state index contributed by atoms with van der Waals surface area (Å²) >= 11 is 0. The minimum atomic E-state index is -3.34. The quantitative estimate of drug-likeness (QED) is 0.436. The van der Waals surface area contributed by atoms with E-state index in [0.717, 1.165) is 36.1 Å². The van der Waals surface area contributed by atoms with Crippen LogP contribution in [-0.2, 0) is 23.1 Å². The molecule has 1 heterocycles. The molecule has 8 nitrogen and oxygen atoms in total. The standard InChI is InChI=1S/C19H29N5O3S/c1-5-14(6-2)18-11-16(27-23-18)13-22-19(20-3)21-12-15-9-7-8-10-17(15)24-28(4,25)26/h7-11,14,24H,5-6,12-13H2,1-4H3,(H2,20,21,22). The molecule has 28 heavy (non-hydrogen) atoms. The summed E-state index contributed by atoms with van der Waals surface area (Å²) in [7, 11) is -1.67. The third kappa shape index (κ3) is 6.56. The van der Waals surface area contributed by atoms with Crippen LogP contribution in [0.4, 0.5) is 5.69 Å². The maximum atomic E-state index is 11.5. The summed E-state index contributed by atoms with van der Waals surface area (Å²) in [6, 6.07) is 9.19. The van der Waals surface area contributed by atoms with Gasteiger partial charge in [0.15, 0.2) is 11.7 Å². The molecular weight excluding hydrogens is 378 g/mol. The van der Waals surface area contributed by atoms with Crippen molar-refractivity contribution in [2.24, 2.45) is 4.99 Å². The number of aromatic nitrogens is 1. The Balaban J connectivity index is 1.94. The van der Waals surface area contributed by atoms with Gasteiger partial charge in [0.2, 0.25) is 10.0 Å². The van der Waals surface area contributed by atoms with Crippen LogP contribution in [0.25, 0.3) is 0 Å². The molecule has 0 spiro atoms. The number of guanidine groups is 1. The van der Waals surface area contributed by atoms with Gasteiger partial charge < -0.3 is 15.2 Å². The van der Waals surface area contributed by atoms with Crippen LogP contribution in [0.15, 0.2) is 39.8 Å². The third-order valence-corrected chi connectivity index (χ3v) is 4.98. The average molecular weight is 408 g/mol. The Morgan fingerprint density at radius 3 is 2.50 bits per heavy atom. The topological polar surface area (TPSA) is 109 Å². The lowest BCUT2D eigenvalue weighted by Crippen LogP contribution is -2.36. The summed E-state index contributed by atoms with van der Waals surface area (Å²) in [5.74, 6) is 1.73. The Hall–Kier alpha value is -2.55. The number of para-hydroxylation sites is 1. The summed E-state index contributed by atoms with van der Waals surface area (Å²) in [5.41, 5.74) is 2.33. The molecule has 0 aliphatic carbocycles. The number of nitrogens with one attached hydrogen (secondary N) is 3. The van der Waals surface area contributed by atoms with Gasteiger partial charge in [-0.15, -0.1) is 0 Å². The molecule has 0 saturated carbocycles. The van der Waals surface area contributed by atoms with Crippen LogP contribution in [0.2, 0.25) is 0 Å². The molecule has 9 heteroatoms.